The Morgan fingerprint density at radius 3 is 2.43 bits per heavy atom. The van der Waals surface area contributed by atoms with Crippen molar-refractivity contribution < 1.29 is 4.79 Å². The van der Waals surface area contributed by atoms with Crippen LogP contribution in [0.2, 0.25) is 0 Å². The van der Waals surface area contributed by atoms with E-state index in [0.717, 1.165) is 30.7 Å². The van der Waals surface area contributed by atoms with Crippen molar-refractivity contribution in [2.75, 3.05) is 7.05 Å². The lowest BCUT2D eigenvalue weighted by Gasteiger charge is -2.33. The minimum absolute atomic E-state index is 0.235. The first kappa shape index (κ1) is 15.6. The van der Waals surface area contributed by atoms with Gasteiger partial charge >= 0.3 is 0 Å². The van der Waals surface area contributed by atoms with Crippen molar-refractivity contribution in [1.82, 2.24) is 4.90 Å². The lowest BCUT2D eigenvalue weighted by molar-refractivity contribution is -0.132. The van der Waals surface area contributed by atoms with Gasteiger partial charge in [-0.15, -0.1) is 0 Å². The van der Waals surface area contributed by atoms with Crippen LogP contribution in [0.3, 0.4) is 0 Å². The molecule has 3 heteroatoms. The van der Waals surface area contributed by atoms with Gasteiger partial charge in [-0.05, 0) is 55.7 Å². The molecule has 1 aliphatic carbocycles. The fourth-order valence-corrected chi connectivity index (χ4v) is 3.01. The van der Waals surface area contributed by atoms with Gasteiger partial charge in [0.1, 0.15) is 0 Å². The molecular weight excluding hydrogens is 260 g/mol. The molecule has 112 valence electrons. The summed E-state index contributed by atoms with van der Waals surface area (Å²) in [6.07, 6.45) is 6.04. The highest BCUT2D eigenvalue weighted by Gasteiger charge is 2.24. The van der Waals surface area contributed by atoms with Crippen LogP contribution in [0.15, 0.2) is 24.3 Å². The lowest BCUT2D eigenvalue weighted by atomic mass is 9.86. The smallest absolute Gasteiger partial charge is 0.222 e. The summed E-state index contributed by atoms with van der Waals surface area (Å²) in [5.74, 6) is 1.04. The zero-order valence-corrected chi connectivity index (χ0v) is 13.0. The summed E-state index contributed by atoms with van der Waals surface area (Å²) in [5.41, 5.74) is 1.78. The van der Waals surface area contributed by atoms with Gasteiger partial charge in [-0.25, -0.2) is 0 Å². The Labute approximate surface area is 127 Å². The monoisotopic (exact) mass is 284 g/mol. The van der Waals surface area contributed by atoms with E-state index in [9.17, 15) is 4.79 Å². The van der Waals surface area contributed by atoms with Crippen LogP contribution < -0.4 is 0 Å². The zero-order valence-electron chi connectivity index (χ0n) is 13.0. The van der Waals surface area contributed by atoms with E-state index in [-0.39, 0.29) is 5.91 Å². The first-order valence-corrected chi connectivity index (χ1v) is 7.85. The van der Waals surface area contributed by atoms with Gasteiger partial charge < -0.3 is 4.90 Å². The van der Waals surface area contributed by atoms with Crippen LogP contribution in [0.5, 0.6) is 0 Å². The maximum absolute atomic E-state index is 12.3. The van der Waals surface area contributed by atoms with Gasteiger partial charge in [0.15, 0.2) is 0 Å². The molecule has 1 aliphatic rings. The summed E-state index contributed by atoms with van der Waals surface area (Å²) in [6.45, 7) is 2.29. The van der Waals surface area contributed by atoms with Crippen molar-refractivity contribution in [3.8, 4) is 6.07 Å². The second kappa shape index (κ2) is 7.26. The summed E-state index contributed by atoms with van der Waals surface area (Å²) >= 11 is 0. The molecule has 3 nitrogen and oxygen atoms in total. The van der Waals surface area contributed by atoms with Gasteiger partial charge in [-0.2, -0.15) is 5.26 Å². The molecule has 0 bridgehead atoms. The van der Waals surface area contributed by atoms with Crippen molar-refractivity contribution >= 4 is 5.91 Å². The van der Waals surface area contributed by atoms with Crippen LogP contribution in [0.25, 0.3) is 0 Å². The van der Waals surface area contributed by atoms with E-state index in [1.54, 1.807) is 0 Å². The maximum atomic E-state index is 12.3. The van der Waals surface area contributed by atoms with E-state index in [4.69, 9.17) is 5.26 Å². The number of aryl methyl sites for hydroxylation is 1. The van der Waals surface area contributed by atoms with Crippen LogP contribution in [0.4, 0.5) is 0 Å². The highest BCUT2D eigenvalue weighted by molar-refractivity contribution is 5.76. The number of nitrogens with zero attached hydrogens (tertiary/aromatic N) is 2. The Bertz CT molecular complexity index is 507. The average molecular weight is 284 g/mol. The minimum atomic E-state index is 0.235. The number of hydrogen-bond acceptors (Lipinski definition) is 2. The molecule has 2 rings (SSSR count). The van der Waals surface area contributed by atoms with Gasteiger partial charge in [0.25, 0.3) is 0 Å². The molecule has 1 fully saturated rings. The number of carbonyl (C=O) groups excluding carboxylic acids is 1. The number of nitriles is 1. The summed E-state index contributed by atoms with van der Waals surface area (Å²) in [6, 6.07) is 10.0. The number of hydrogen-bond donors (Lipinski definition) is 0. The predicted octanol–water partition coefficient (Wildman–Crippen LogP) is 3.53. The van der Waals surface area contributed by atoms with Crippen molar-refractivity contribution in [3.63, 3.8) is 0 Å². The highest BCUT2D eigenvalue weighted by atomic mass is 16.2. The van der Waals surface area contributed by atoms with E-state index < -0.39 is 0 Å². The molecular formula is C18H24N2O. The van der Waals surface area contributed by atoms with Crippen LogP contribution >= 0.6 is 0 Å². The molecule has 0 aliphatic heterocycles. The molecule has 0 radical (unpaired) electrons. The Hall–Kier alpha value is -1.82. The first-order chi connectivity index (χ1) is 10.1. The third-order valence-electron chi connectivity index (χ3n) is 4.64. The van der Waals surface area contributed by atoms with Crippen LogP contribution in [-0.4, -0.2) is 23.9 Å². The molecule has 0 aromatic heterocycles. The molecule has 0 atom stereocenters. The predicted molar refractivity (Wildman–Crippen MR) is 83.7 cm³/mol. The van der Waals surface area contributed by atoms with Crippen molar-refractivity contribution in [3.05, 3.63) is 35.4 Å². The Kier molecular flexibility index (Phi) is 5.38. The lowest BCUT2D eigenvalue weighted by Crippen LogP contribution is -2.39. The quantitative estimate of drug-likeness (QED) is 0.849. The highest BCUT2D eigenvalue weighted by Crippen LogP contribution is 2.26. The van der Waals surface area contributed by atoms with Gasteiger partial charge in [0.05, 0.1) is 11.6 Å². The number of amides is 1. The Morgan fingerprint density at radius 2 is 1.86 bits per heavy atom. The van der Waals surface area contributed by atoms with E-state index in [2.05, 4.69) is 13.0 Å². The molecule has 1 amide bonds. The molecule has 0 N–H and O–H groups in total. The van der Waals surface area contributed by atoms with Gasteiger partial charge in [-0.3, -0.25) is 4.79 Å². The standard InChI is InChI=1S/C18H24N2O/c1-14-3-10-17(11-4-14)20(2)18(21)12-9-15-5-7-16(13-19)8-6-15/h5-8,14,17H,3-4,9-12H2,1-2H3. The maximum Gasteiger partial charge on any atom is 0.222 e. The van der Waals surface area contributed by atoms with Gasteiger partial charge in [0.2, 0.25) is 5.91 Å². The van der Waals surface area contributed by atoms with Crippen molar-refractivity contribution in [1.29, 1.82) is 5.26 Å². The molecule has 0 saturated heterocycles. The molecule has 1 aromatic rings. The largest absolute Gasteiger partial charge is 0.343 e. The number of benzene rings is 1. The average Bonchev–Trinajstić information content (AvgIpc) is 2.53. The van der Waals surface area contributed by atoms with Gasteiger partial charge in [0, 0.05) is 19.5 Å². The number of carbonyl (C=O) groups is 1. The summed E-state index contributed by atoms with van der Waals surface area (Å²) in [4.78, 5) is 14.2. The second-order valence-electron chi connectivity index (χ2n) is 6.23. The third kappa shape index (κ3) is 4.32. The third-order valence-corrected chi connectivity index (χ3v) is 4.64. The van der Waals surface area contributed by atoms with Crippen LogP contribution in [-0.2, 0) is 11.2 Å². The molecule has 0 unspecified atom stereocenters. The van der Waals surface area contributed by atoms with Gasteiger partial charge in [-0.1, -0.05) is 19.1 Å². The fourth-order valence-electron chi connectivity index (χ4n) is 3.01. The van der Waals surface area contributed by atoms with Crippen LogP contribution in [0, 0.1) is 17.2 Å². The van der Waals surface area contributed by atoms with E-state index in [1.165, 1.54) is 12.8 Å². The number of rotatable bonds is 4. The summed E-state index contributed by atoms with van der Waals surface area (Å²) < 4.78 is 0. The van der Waals surface area contributed by atoms with Crippen LogP contribution in [0.1, 0.15) is 50.2 Å². The molecule has 0 spiro atoms. The molecule has 0 heterocycles. The van der Waals surface area contributed by atoms with E-state index in [0.29, 0.717) is 18.0 Å². The Morgan fingerprint density at radius 1 is 1.24 bits per heavy atom. The first-order valence-electron chi connectivity index (χ1n) is 7.85. The normalized spacial score (nSPS) is 21.6. The molecule has 1 saturated carbocycles. The minimum Gasteiger partial charge on any atom is -0.343 e. The second-order valence-corrected chi connectivity index (χ2v) is 6.23. The zero-order chi connectivity index (χ0) is 15.2. The Balaban J connectivity index is 1.82. The van der Waals surface area contributed by atoms with Crippen molar-refractivity contribution in [2.24, 2.45) is 5.92 Å². The summed E-state index contributed by atoms with van der Waals surface area (Å²) in [7, 11) is 1.95. The summed E-state index contributed by atoms with van der Waals surface area (Å²) in [5, 5.41) is 8.77. The topological polar surface area (TPSA) is 44.1 Å². The SMILES string of the molecule is CC1CCC(N(C)C(=O)CCc2ccc(C#N)cc2)CC1. The van der Waals surface area contributed by atoms with E-state index >= 15 is 0 Å². The fraction of sp³-hybridized carbons (Fsp3) is 0.556. The van der Waals surface area contributed by atoms with Crippen molar-refractivity contribution in [2.45, 2.75) is 51.5 Å². The van der Waals surface area contributed by atoms with E-state index in [1.807, 2.05) is 36.2 Å². The molecule has 21 heavy (non-hydrogen) atoms. The molecule has 1 aromatic carbocycles.